The van der Waals surface area contributed by atoms with Crippen molar-refractivity contribution >= 4 is 21.8 Å². The Bertz CT molecular complexity index is 2160. The molecule has 0 bridgehead atoms. The Labute approximate surface area is 303 Å². The van der Waals surface area contributed by atoms with Crippen molar-refractivity contribution in [2.75, 3.05) is 0 Å². The van der Waals surface area contributed by atoms with E-state index in [-0.39, 0.29) is 20.4 Å². The number of rotatable bonds is 13. The molecule has 0 saturated carbocycles. The van der Waals surface area contributed by atoms with Gasteiger partial charge in [-0.1, -0.05) is 93.6 Å². The van der Waals surface area contributed by atoms with Gasteiger partial charge in [0.1, 0.15) is 5.82 Å². The number of hydrogen-bond acceptors (Lipinski definition) is 3. The third-order valence-corrected chi connectivity index (χ3v) is 9.04. The number of pyridine rings is 1. The average molecular weight is 737 g/mol. The van der Waals surface area contributed by atoms with Crippen LogP contribution in [0.1, 0.15) is 69.3 Å². The molecule has 4 aromatic carbocycles. The van der Waals surface area contributed by atoms with E-state index < -0.39 is 0 Å². The molecule has 5 nitrogen and oxygen atoms in total. The summed E-state index contributed by atoms with van der Waals surface area (Å²) in [7, 11) is 0. The van der Waals surface area contributed by atoms with E-state index in [4.69, 9.17) is 14.8 Å². The van der Waals surface area contributed by atoms with Gasteiger partial charge in [-0.2, -0.15) is 17.2 Å². The zero-order chi connectivity index (χ0) is 32.9. The molecule has 250 valence electrons. The molecule has 0 aliphatic heterocycles. The van der Waals surface area contributed by atoms with Gasteiger partial charge in [-0.3, -0.25) is 4.68 Å². The van der Waals surface area contributed by atoms with E-state index in [0.717, 1.165) is 70.3 Å². The van der Waals surface area contributed by atoms with Crippen LogP contribution in [0.5, 0.6) is 11.5 Å². The maximum atomic E-state index is 6.51. The van der Waals surface area contributed by atoms with Crippen LogP contribution in [-0.2, 0) is 33.3 Å². The standard InChI is InChI=1S/C43H42N4O.Pd/c1-4-6-9-21-38-43(32-16-11-8-12-17-32)40(23-10-7-5-2)47(45-38)33-18-15-19-34(29-33)48-35-24-25-37-36-20-13-14-22-39(36)46(41(37)30-35)42-28-31(3)26-27-44-42;/h8,11-20,22,24-28H,4-7,9-10,21,23H2,1-3H3;/q-2;+2. The van der Waals surface area contributed by atoms with Crippen molar-refractivity contribution in [2.45, 2.75) is 72.1 Å². The van der Waals surface area contributed by atoms with Crippen LogP contribution in [0, 0.1) is 19.1 Å². The number of aryl methyl sites for hydroxylation is 2. The zero-order valence-corrected chi connectivity index (χ0v) is 30.0. The first-order valence-corrected chi connectivity index (χ1v) is 17.4. The summed E-state index contributed by atoms with van der Waals surface area (Å²) in [6.45, 7) is 6.60. The Morgan fingerprint density at radius 2 is 1.47 bits per heavy atom. The Hall–Kier alpha value is -4.50. The second-order valence-corrected chi connectivity index (χ2v) is 12.6. The van der Waals surface area contributed by atoms with Crippen molar-refractivity contribution in [3.63, 3.8) is 0 Å². The molecular formula is C43H42N4OPd. The summed E-state index contributed by atoms with van der Waals surface area (Å²) in [6.07, 6.45) is 10.8. The van der Waals surface area contributed by atoms with Crippen molar-refractivity contribution in [3.05, 3.63) is 132 Å². The third kappa shape index (κ3) is 7.27. The molecule has 0 N–H and O–H groups in total. The van der Waals surface area contributed by atoms with Gasteiger partial charge in [-0.05, 0) is 73.0 Å². The van der Waals surface area contributed by atoms with Crippen molar-refractivity contribution in [2.24, 2.45) is 0 Å². The number of hydrogen-bond donors (Lipinski definition) is 0. The Morgan fingerprint density at radius 1 is 0.714 bits per heavy atom. The van der Waals surface area contributed by atoms with Crippen LogP contribution in [-0.4, -0.2) is 19.3 Å². The summed E-state index contributed by atoms with van der Waals surface area (Å²) in [5.74, 6) is 2.12. The molecule has 0 atom stereocenters. The van der Waals surface area contributed by atoms with Crippen LogP contribution in [0.25, 0.3) is 44.4 Å². The number of aromatic nitrogens is 4. The molecule has 0 radical (unpaired) electrons. The topological polar surface area (TPSA) is 44.9 Å². The van der Waals surface area contributed by atoms with E-state index in [1.54, 1.807) is 0 Å². The molecule has 0 aliphatic rings. The van der Waals surface area contributed by atoms with Gasteiger partial charge in [0.15, 0.2) is 0 Å². The number of nitrogens with zero attached hydrogens (tertiary/aromatic N) is 4. The van der Waals surface area contributed by atoms with E-state index in [1.165, 1.54) is 42.5 Å². The quantitative estimate of drug-likeness (QED) is 0.0673. The monoisotopic (exact) mass is 736 g/mol. The summed E-state index contributed by atoms with van der Waals surface area (Å²) >= 11 is 0. The molecule has 3 heterocycles. The smallest absolute Gasteiger partial charge is 0.509 e. The number of ether oxygens (including phenoxy) is 1. The van der Waals surface area contributed by atoms with Crippen molar-refractivity contribution in [1.82, 2.24) is 19.3 Å². The molecule has 3 aromatic heterocycles. The second kappa shape index (κ2) is 15.8. The van der Waals surface area contributed by atoms with Gasteiger partial charge in [0.05, 0.1) is 5.69 Å². The minimum atomic E-state index is 0. The van der Waals surface area contributed by atoms with E-state index in [1.807, 2.05) is 30.5 Å². The van der Waals surface area contributed by atoms with Crippen molar-refractivity contribution < 1.29 is 25.2 Å². The molecule has 0 amide bonds. The maximum Gasteiger partial charge on any atom is 2.00 e. The first kappa shape index (κ1) is 34.4. The van der Waals surface area contributed by atoms with Crippen LogP contribution in [0.2, 0.25) is 0 Å². The fourth-order valence-electron chi connectivity index (χ4n) is 6.68. The van der Waals surface area contributed by atoms with Crippen molar-refractivity contribution in [1.29, 1.82) is 0 Å². The molecular weight excluding hydrogens is 695 g/mol. The molecule has 6 heteroatoms. The zero-order valence-electron chi connectivity index (χ0n) is 28.5. The summed E-state index contributed by atoms with van der Waals surface area (Å²) < 4.78 is 10.8. The first-order chi connectivity index (χ1) is 23.6. The normalized spacial score (nSPS) is 11.2. The van der Waals surface area contributed by atoms with Crippen LogP contribution in [0.15, 0.2) is 103 Å². The van der Waals surface area contributed by atoms with Gasteiger partial charge in [0.2, 0.25) is 0 Å². The summed E-state index contributed by atoms with van der Waals surface area (Å²) in [5, 5.41) is 7.55. The number of para-hydroxylation sites is 1. The number of unbranched alkanes of at least 4 members (excludes halogenated alkanes) is 4. The minimum Gasteiger partial charge on any atom is -0.509 e. The van der Waals surface area contributed by atoms with Gasteiger partial charge in [-0.15, -0.1) is 35.7 Å². The summed E-state index contributed by atoms with van der Waals surface area (Å²) in [5.41, 5.74) is 8.98. The predicted octanol–water partition coefficient (Wildman–Crippen LogP) is 11.2. The molecule has 49 heavy (non-hydrogen) atoms. The van der Waals surface area contributed by atoms with Gasteiger partial charge in [0, 0.05) is 34.5 Å². The average Bonchev–Trinajstić information content (AvgIpc) is 3.64. The Balaban J connectivity index is 0.00000417. The van der Waals surface area contributed by atoms with Crippen LogP contribution < -0.4 is 4.74 Å². The molecule has 0 saturated heterocycles. The molecule has 7 rings (SSSR count). The second-order valence-electron chi connectivity index (χ2n) is 12.6. The van der Waals surface area contributed by atoms with Gasteiger partial charge >= 0.3 is 20.4 Å². The fourth-order valence-corrected chi connectivity index (χ4v) is 6.68. The van der Waals surface area contributed by atoms with Crippen molar-refractivity contribution in [3.8, 4) is 34.1 Å². The van der Waals surface area contributed by atoms with E-state index in [2.05, 4.69) is 115 Å². The Morgan fingerprint density at radius 3 is 2.27 bits per heavy atom. The molecule has 0 spiro atoms. The third-order valence-electron chi connectivity index (χ3n) is 9.04. The maximum absolute atomic E-state index is 6.51. The van der Waals surface area contributed by atoms with Crippen LogP contribution in [0.3, 0.4) is 0 Å². The van der Waals surface area contributed by atoms with E-state index in [9.17, 15) is 0 Å². The van der Waals surface area contributed by atoms with Crippen LogP contribution >= 0.6 is 0 Å². The minimum absolute atomic E-state index is 0. The van der Waals surface area contributed by atoms with Gasteiger partial charge < -0.3 is 9.30 Å². The molecule has 0 fully saturated rings. The Kier molecular flexibility index (Phi) is 11.1. The predicted molar refractivity (Wildman–Crippen MR) is 197 cm³/mol. The van der Waals surface area contributed by atoms with E-state index >= 15 is 0 Å². The number of fused-ring (bicyclic) bond motifs is 3. The molecule has 0 unspecified atom stereocenters. The van der Waals surface area contributed by atoms with Gasteiger partial charge in [0.25, 0.3) is 0 Å². The van der Waals surface area contributed by atoms with E-state index in [0.29, 0.717) is 11.5 Å². The first-order valence-electron chi connectivity index (χ1n) is 17.4. The molecule has 7 aromatic rings. The number of benzene rings is 4. The van der Waals surface area contributed by atoms with Crippen LogP contribution in [0.4, 0.5) is 0 Å². The van der Waals surface area contributed by atoms with Gasteiger partial charge in [-0.25, -0.2) is 4.98 Å². The fraction of sp³-hybridized carbons (Fsp3) is 0.256. The molecule has 0 aliphatic carbocycles. The summed E-state index contributed by atoms with van der Waals surface area (Å²) in [6, 6.07) is 40.6. The largest absolute Gasteiger partial charge is 2.00 e. The summed E-state index contributed by atoms with van der Waals surface area (Å²) in [4.78, 5) is 4.72. The SMILES string of the molecule is CCCCCc1nn(-c2[c-]c(Oc3[c-]c4c(cc3)c3ccccc3n4-c3cc(C)ccn3)ccc2)c(CCCCC)c1-c1ccccc1.[Pd+2].